The molecule has 1 atom stereocenters. The molecule has 0 saturated heterocycles. The van der Waals surface area contributed by atoms with Gasteiger partial charge < -0.3 is 5.32 Å². The van der Waals surface area contributed by atoms with E-state index < -0.39 is 0 Å². The Morgan fingerprint density at radius 2 is 2.06 bits per heavy atom. The summed E-state index contributed by atoms with van der Waals surface area (Å²) in [5.41, 5.74) is 4.08. The first-order valence-electron chi connectivity index (χ1n) is 6.30. The molecule has 0 bridgehead atoms. The minimum absolute atomic E-state index is 0.189. The first-order chi connectivity index (χ1) is 8.74. The van der Waals surface area contributed by atoms with Crippen LogP contribution in [-0.2, 0) is 0 Å². The predicted octanol–water partition coefficient (Wildman–Crippen LogP) is 3.25. The van der Waals surface area contributed by atoms with Gasteiger partial charge in [-0.15, -0.1) is 0 Å². The normalized spacial score (nSPS) is 12.6. The van der Waals surface area contributed by atoms with Gasteiger partial charge in [-0.05, 0) is 32.0 Å². The maximum atomic E-state index is 4.67. The molecule has 0 radical (unpaired) electrons. The van der Waals surface area contributed by atoms with Gasteiger partial charge in [0.25, 0.3) is 0 Å². The largest absolute Gasteiger partial charge is 0.311 e. The Labute approximate surface area is 108 Å². The van der Waals surface area contributed by atoms with E-state index in [-0.39, 0.29) is 6.04 Å². The number of nitrogens with one attached hydrogen (secondary N) is 1. The van der Waals surface area contributed by atoms with Gasteiger partial charge in [0, 0.05) is 0 Å². The van der Waals surface area contributed by atoms with Gasteiger partial charge in [-0.1, -0.05) is 31.2 Å². The van der Waals surface area contributed by atoms with Gasteiger partial charge in [0.2, 0.25) is 0 Å². The molecule has 3 nitrogen and oxygen atoms in total. The Balaban J connectivity index is 2.30. The lowest BCUT2D eigenvalue weighted by Gasteiger charge is -2.16. The Hall–Kier alpha value is -1.74. The van der Waals surface area contributed by atoms with Crippen molar-refractivity contribution >= 4 is 11.0 Å². The van der Waals surface area contributed by atoms with Crippen molar-refractivity contribution in [2.75, 3.05) is 7.05 Å². The molecule has 1 unspecified atom stereocenters. The Morgan fingerprint density at radius 3 is 2.72 bits per heavy atom. The van der Waals surface area contributed by atoms with E-state index in [1.807, 2.05) is 37.5 Å². The molecule has 0 spiro atoms. The number of fused-ring (bicyclic) bond motifs is 1. The molecule has 0 saturated carbocycles. The van der Waals surface area contributed by atoms with Crippen LogP contribution in [0.5, 0.6) is 0 Å². The van der Waals surface area contributed by atoms with Crippen molar-refractivity contribution in [1.29, 1.82) is 0 Å². The zero-order valence-electron chi connectivity index (χ0n) is 11.0. The topological polar surface area (TPSA) is 37.8 Å². The van der Waals surface area contributed by atoms with E-state index in [0.717, 1.165) is 29.6 Å². The molecule has 0 aliphatic rings. The second kappa shape index (κ2) is 5.74. The maximum absolute atomic E-state index is 4.67. The van der Waals surface area contributed by atoms with Gasteiger partial charge >= 0.3 is 0 Å². The molecular weight excluding hydrogens is 222 g/mol. The number of hydrogen-bond donors (Lipinski definition) is 1. The second-order valence-electron chi connectivity index (χ2n) is 4.43. The van der Waals surface area contributed by atoms with E-state index in [1.54, 1.807) is 0 Å². The summed E-state index contributed by atoms with van der Waals surface area (Å²) < 4.78 is 0. The molecular formula is C15H19N3. The molecule has 3 heteroatoms. The number of para-hydroxylation sites is 2. The number of benzene rings is 1. The van der Waals surface area contributed by atoms with Crippen LogP contribution in [0.25, 0.3) is 11.0 Å². The van der Waals surface area contributed by atoms with E-state index >= 15 is 0 Å². The zero-order chi connectivity index (χ0) is 13.0. The molecule has 2 aromatic rings. The molecule has 0 aliphatic heterocycles. The van der Waals surface area contributed by atoms with Crippen LogP contribution in [0.2, 0.25) is 0 Å². The predicted molar refractivity (Wildman–Crippen MR) is 75.4 cm³/mol. The molecule has 1 N–H and O–H groups in total. The first kappa shape index (κ1) is 12.7. The van der Waals surface area contributed by atoms with Gasteiger partial charge in [0.1, 0.15) is 0 Å². The minimum Gasteiger partial charge on any atom is -0.311 e. The van der Waals surface area contributed by atoms with Crippen molar-refractivity contribution < 1.29 is 0 Å². The van der Waals surface area contributed by atoms with Crippen LogP contribution in [0, 0.1) is 0 Å². The molecule has 0 amide bonds. The number of nitrogens with zero attached hydrogens (tertiary/aromatic N) is 2. The van der Waals surface area contributed by atoms with E-state index in [9.17, 15) is 0 Å². The quantitative estimate of drug-likeness (QED) is 0.817. The second-order valence-corrected chi connectivity index (χ2v) is 4.43. The zero-order valence-corrected chi connectivity index (χ0v) is 11.0. The summed E-state index contributed by atoms with van der Waals surface area (Å²) in [5, 5.41) is 3.28. The standard InChI is InChI=1S/C15H19N3/c1-4-11(2)9-14(16-3)15-10-17-12-7-5-6-8-13(12)18-15/h5-8,10,14,16H,2,4,9H2,1,3H3. The molecule has 18 heavy (non-hydrogen) atoms. The Morgan fingerprint density at radius 1 is 1.33 bits per heavy atom. The SMILES string of the molecule is C=C(CC)CC(NC)c1cnc2ccccc2n1. The summed E-state index contributed by atoms with van der Waals surface area (Å²) >= 11 is 0. The fourth-order valence-electron chi connectivity index (χ4n) is 1.93. The lowest BCUT2D eigenvalue weighted by Crippen LogP contribution is -2.18. The number of rotatable bonds is 5. The third-order valence-electron chi connectivity index (χ3n) is 3.17. The molecule has 94 valence electrons. The van der Waals surface area contributed by atoms with Crippen LogP contribution in [0.1, 0.15) is 31.5 Å². The van der Waals surface area contributed by atoms with Crippen molar-refractivity contribution in [3.8, 4) is 0 Å². The molecule has 0 aliphatic carbocycles. The van der Waals surface area contributed by atoms with Crippen LogP contribution in [0.3, 0.4) is 0 Å². The Kier molecular flexibility index (Phi) is 4.05. The average molecular weight is 241 g/mol. The van der Waals surface area contributed by atoms with E-state index in [4.69, 9.17) is 0 Å². The highest BCUT2D eigenvalue weighted by Crippen LogP contribution is 2.21. The van der Waals surface area contributed by atoms with Gasteiger partial charge in [-0.3, -0.25) is 4.98 Å². The summed E-state index contributed by atoms with van der Waals surface area (Å²) in [6.45, 7) is 6.19. The number of hydrogen-bond acceptors (Lipinski definition) is 3. The van der Waals surface area contributed by atoms with Crippen molar-refractivity contribution in [3.05, 3.63) is 48.3 Å². The van der Waals surface area contributed by atoms with Crippen molar-refractivity contribution in [2.45, 2.75) is 25.8 Å². The van der Waals surface area contributed by atoms with Crippen LogP contribution >= 0.6 is 0 Å². The van der Waals surface area contributed by atoms with E-state index in [0.29, 0.717) is 0 Å². The monoisotopic (exact) mass is 241 g/mol. The summed E-state index contributed by atoms with van der Waals surface area (Å²) in [6, 6.07) is 8.12. The molecule has 1 aromatic heterocycles. The highest BCUT2D eigenvalue weighted by atomic mass is 14.9. The van der Waals surface area contributed by atoms with Gasteiger partial charge in [0.15, 0.2) is 0 Å². The summed E-state index contributed by atoms with van der Waals surface area (Å²) in [4.78, 5) is 9.12. The maximum Gasteiger partial charge on any atom is 0.0890 e. The first-order valence-corrected chi connectivity index (χ1v) is 6.30. The Bertz CT molecular complexity index is 548. The molecule has 2 rings (SSSR count). The van der Waals surface area contributed by atoms with E-state index in [1.165, 1.54) is 5.57 Å². The summed E-state index contributed by atoms with van der Waals surface area (Å²) in [5.74, 6) is 0. The van der Waals surface area contributed by atoms with Crippen LogP contribution in [-0.4, -0.2) is 17.0 Å². The van der Waals surface area contributed by atoms with Crippen LogP contribution in [0.4, 0.5) is 0 Å². The third kappa shape index (κ3) is 2.74. The van der Waals surface area contributed by atoms with Crippen molar-refractivity contribution in [1.82, 2.24) is 15.3 Å². The fraction of sp³-hybridized carbons (Fsp3) is 0.333. The third-order valence-corrected chi connectivity index (χ3v) is 3.17. The summed E-state index contributed by atoms with van der Waals surface area (Å²) in [7, 11) is 1.95. The van der Waals surface area contributed by atoms with Crippen LogP contribution in [0.15, 0.2) is 42.6 Å². The van der Waals surface area contributed by atoms with Crippen molar-refractivity contribution in [3.63, 3.8) is 0 Å². The fourth-order valence-corrected chi connectivity index (χ4v) is 1.93. The van der Waals surface area contributed by atoms with E-state index in [2.05, 4.69) is 28.8 Å². The average Bonchev–Trinajstić information content (AvgIpc) is 2.44. The van der Waals surface area contributed by atoms with Gasteiger partial charge in [0.05, 0.1) is 29.0 Å². The lowest BCUT2D eigenvalue weighted by molar-refractivity contribution is 0.567. The highest BCUT2D eigenvalue weighted by molar-refractivity contribution is 5.73. The van der Waals surface area contributed by atoms with Gasteiger partial charge in [-0.25, -0.2) is 4.98 Å². The minimum atomic E-state index is 0.189. The lowest BCUT2D eigenvalue weighted by atomic mass is 10.0. The van der Waals surface area contributed by atoms with Gasteiger partial charge in [-0.2, -0.15) is 0 Å². The molecule has 1 heterocycles. The molecule has 1 aromatic carbocycles. The number of aromatic nitrogens is 2. The summed E-state index contributed by atoms with van der Waals surface area (Å²) in [6.07, 6.45) is 3.76. The van der Waals surface area contributed by atoms with Crippen molar-refractivity contribution in [2.24, 2.45) is 0 Å². The van der Waals surface area contributed by atoms with Crippen LogP contribution < -0.4 is 5.32 Å². The highest BCUT2D eigenvalue weighted by Gasteiger charge is 2.12. The molecule has 0 fully saturated rings. The smallest absolute Gasteiger partial charge is 0.0890 e.